The number of para-hydroxylation sites is 1. The molecule has 3 amide bonds. The summed E-state index contributed by atoms with van der Waals surface area (Å²) in [6.45, 7) is 6.19. The number of thioether (sulfide) groups is 1. The van der Waals surface area contributed by atoms with Crippen LogP contribution in [0, 0.1) is 23.6 Å². The highest BCUT2D eigenvalue weighted by molar-refractivity contribution is 8.00. The molecule has 2 aromatic rings. The Morgan fingerprint density at radius 3 is 2.71 bits per heavy atom. The van der Waals surface area contributed by atoms with Crippen molar-refractivity contribution in [2.45, 2.75) is 69.5 Å². The number of imide groups is 1. The largest absolute Gasteiger partial charge is 0.483 e. The highest BCUT2D eigenvalue weighted by Gasteiger charge is 2.43. The predicted molar refractivity (Wildman–Crippen MR) is 127 cm³/mol. The molecule has 1 heterocycles. The molecule has 0 saturated heterocycles. The molecule has 184 valence electrons. The van der Waals surface area contributed by atoms with Crippen molar-refractivity contribution in [2.75, 3.05) is 6.54 Å². The average molecular weight is 490 g/mol. The van der Waals surface area contributed by atoms with Crippen molar-refractivity contribution in [3.63, 3.8) is 0 Å². The third-order valence-electron chi connectivity index (χ3n) is 6.97. The average Bonchev–Trinajstić information content (AvgIpc) is 3.54. The Labute approximate surface area is 203 Å². The Bertz CT molecular complexity index is 1030. The van der Waals surface area contributed by atoms with Crippen molar-refractivity contribution in [3.8, 4) is 5.75 Å². The molecule has 0 spiro atoms. The van der Waals surface area contributed by atoms with Gasteiger partial charge in [-0.2, -0.15) is 0 Å². The number of nitrogens with zero attached hydrogens (tertiary/aromatic N) is 3. The van der Waals surface area contributed by atoms with E-state index >= 15 is 0 Å². The highest BCUT2D eigenvalue weighted by Crippen LogP contribution is 2.52. The van der Waals surface area contributed by atoms with Crippen molar-refractivity contribution < 1.29 is 18.7 Å². The van der Waals surface area contributed by atoms with E-state index in [2.05, 4.69) is 27.8 Å². The molecule has 2 fully saturated rings. The van der Waals surface area contributed by atoms with Crippen molar-refractivity contribution in [2.24, 2.45) is 17.8 Å². The van der Waals surface area contributed by atoms with E-state index in [1.807, 2.05) is 4.57 Å². The van der Waals surface area contributed by atoms with E-state index in [0.717, 1.165) is 5.92 Å². The van der Waals surface area contributed by atoms with Gasteiger partial charge < -0.3 is 10.1 Å². The van der Waals surface area contributed by atoms with Crippen molar-refractivity contribution >= 4 is 23.7 Å². The zero-order chi connectivity index (χ0) is 24.2. The van der Waals surface area contributed by atoms with Crippen LogP contribution < -0.4 is 15.4 Å². The van der Waals surface area contributed by atoms with E-state index in [9.17, 15) is 14.0 Å². The van der Waals surface area contributed by atoms with Crippen LogP contribution in [0.4, 0.5) is 9.18 Å². The van der Waals surface area contributed by atoms with Gasteiger partial charge in [0.15, 0.2) is 22.5 Å². The van der Waals surface area contributed by atoms with Crippen LogP contribution in [0.1, 0.15) is 58.3 Å². The third kappa shape index (κ3) is 5.37. The van der Waals surface area contributed by atoms with Crippen LogP contribution in [-0.2, 0) is 11.4 Å². The standard InChI is InChI=1S/C24H32FN5O3S/c1-4-26-23(32)27-22(31)15(3)34-24-29-28-21(13-33-20-8-6-5-7-19(20)25)30(24)14(2)18-12-16-9-10-17(18)11-16/h5-8,14-18H,4,9-13H2,1-3H3,(H2,26,27,31,32)/t14-,15+,16+,17+,18+/m1/s1. The van der Waals surface area contributed by atoms with Gasteiger partial charge in [-0.3, -0.25) is 14.7 Å². The SMILES string of the molecule is CCNC(=O)NC(=O)[C@H](C)Sc1nnc(COc2ccccc2F)n1[C@H](C)[C@@H]1C[C@H]2CC[C@H]1C2. The number of halogens is 1. The first-order chi connectivity index (χ1) is 16.4. The van der Waals surface area contributed by atoms with Gasteiger partial charge in [-0.15, -0.1) is 10.2 Å². The Balaban J connectivity index is 1.54. The lowest BCUT2D eigenvalue weighted by Crippen LogP contribution is -2.42. The van der Waals surface area contributed by atoms with Crippen LogP contribution in [0.5, 0.6) is 5.75 Å². The number of nitrogens with one attached hydrogen (secondary N) is 2. The summed E-state index contributed by atoms with van der Waals surface area (Å²) in [7, 11) is 0. The van der Waals surface area contributed by atoms with Gasteiger partial charge in [0.2, 0.25) is 5.91 Å². The first-order valence-corrected chi connectivity index (χ1v) is 12.8. The fraction of sp³-hybridized carbons (Fsp3) is 0.583. The Kier molecular flexibility index (Phi) is 7.75. The monoisotopic (exact) mass is 489 g/mol. The molecule has 2 N–H and O–H groups in total. The number of ether oxygens (including phenoxy) is 1. The molecule has 2 bridgehead atoms. The molecule has 2 saturated carbocycles. The molecule has 34 heavy (non-hydrogen) atoms. The molecule has 0 aliphatic heterocycles. The van der Waals surface area contributed by atoms with Crippen LogP contribution >= 0.6 is 11.8 Å². The number of rotatable bonds is 9. The summed E-state index contributed by atoms with van der Waals surface area (Å²) in [4.78, 5) is 24.3. The van der Waals surface area contributed by atoms with E-state index in [0.29, 0.717) is 29.4 Å². The summed E-state index contributed by atoms with van der Waals surface area (Å²) in [6, 6.07) is 5.87. The minimum atomic E-state index is -0.557. The first-order valence-electron chi connectivity index (χ1n) is 11.9. The molecule has 2 aliphatic carbocycles. The molecule has 1 aromatic heterocycles. The quantitative estimate of drug-likeness (QED) is 0.509. The maximum absolute atomic E-state index is 14.1. The molecule has 0 unspecified atom stereocenters. The number of fused-ring (bicyclic) bond motifs is 2. The van der Waals surface area contributed by atoms with Gasteiger partial charge in [0, 0.05) is 12.6 Å². The lowest BCUT2D eigenvalue weighted by atomic mass is 9.84. The second-order valence-electron chi connectivity index (χ2n) is 9.18. The Morgan fingerprint density at radius 2 is 2.03 bits per heavy atom. The van der Waals surface area contributed by atoms with Gasteiger partial charge in [-0.05, 0) is 69.9 Å². The van der Waals surface area contributed by atoms with Crippen LogP contribution in [0.3, 0.4) is 0 Å². The van der Waals surface area contributed by atoms with Crippen LogP contribution in [0.15, 0.2) is 29.4 Å². The van der Waals surface area contributed by atoms with Crippen LogP contribution in [0.2, 0.25) is 0 Å². The number of benzene rings is 1. The topological polar surface area (TPSA) is 98.1 Å². The second-order valence-corrected chi connectivity index (χ2v) is 10.5. The van der Waals surface area contributed by atoms with Crippen molar-refractivity contribution in [3.05, 3.63) is 35.9 Å². The highest BCUT2D eigenvalue weighted by atomic mass is 32.2. The minimum absolute atomic E-state index is 0.0686. The van der Waals surface area contributed by atoms with E-state index in [1.54, 1.807) is 32.0 Å². The Hall–Kier alpha value is -2.62. The van der Waals surface area contributed by atoms with Crippen molar-refractivity contribution in [1.82, 2.24) is 25.4 Å². The second kappa shape index (κ2) is 10.8. The maximum atomic E-state index is 14.1. The molecule has 5 atom stereocenters. The summed E-state index contributed by atoms with van der Waals surface area (Å²) < 4.78 is 21.9. The number of carbonyl (C=O) groups is 2. The van der Waals surface area contributed by atoms with Gasteiger partial charge in [-0.1, -0.05) is 30.3 Å². The van der Waals surface area contributed by atoms with E-state index in [4.69, 9.17) is 4.74 Å². The molecule has 8 nitrogen and oxygen atoms in total. The van der Waals surface area contributed by atoms with Gasteiger partial charge in [0.05, 0.1) is 5.25 Å². The first kappa shape index (κ1) is 24.5. The molecular formula is C24H32FN5O3S. The lowest BCUT2D eigenvalue weighted by Gasteiger charge is -2.30. The molecular weight excluding hydrogens is 457 g/mol. The number of hydrogen-bond donors (Lipinski definition) is 2. The molecule has 2 aliphatic rings. The van der Waals surface area contributed by atoms with Gasteiger partial charge in [0.25, 0.3) is 0 Å². The summed E-state index contributed by atoms with van der Waals surface area (Å²) in [5.41, 5.74) is 0. The van der Waals surface area contributed by atoms with Crippen LogP contribution in [-0.4, -0.2) is 38.5 Å². The molecule has 1 aromatic carbocycles. The van der Waals surface area contributed by atoms with Crippen LogP contribution in [0.25, 0.3) is 0 Å². The summed E-state index contributed by atoms with van der Waals surface area (Å²) in [5, 5.41) is 13.7. The number of hydrogen-bond acceptors (Lipinski definition) is 6. The summed E-state index contributed by atoms with van der Waals surface area (Å²) >= 11 is 1.26. The maximum Gasteiger partial charge on any atom is 0.321 e. The summed E-state index contributed by atoms with van der Waals surface area (Å²) in [5.74, 6) is 1.89. The minimum Gasteiger partial charge on any atom is -0.483 e. The van der Waals surface area contributed by atoms with Gasteiger partial charge in [0.1, 0.15) is 6.61 Å². The zero-order valence-electron chi connectivity index (χ0n) is 19.8. The molecule has 0 radical (unpaired) electrons. The normalized spacial score (nSPS) is 22.9. The Morgan fingerprint density at radius 1 is 1.24 bits per heavy atom. The lowest BCUT2D eigenvalue weighted by molar-refractivity contribution is -0.119. The third-order valence-corrected chi connectivity index (χ3v) is 8.03. The zero-order valence-corrected chi connectivity index (χ0v) is 20.6. The summed E-state index contributed by atoms with van der Waals surface area (Å²) in [6.07, 6.45) is 5.00. The fourth-order valence-corrected chi connectivity index (χ4v) is 6.26. The van der Waals surface area contributed by atoms with Crippen molar-refractivity contribution in [1.29, 1.82) is 0 Å². The number of carbonyl (C=O) groups excluding carboxylic acids is 2. The number of aromatic nitrogens is 3. The fourth-order valence-electron chi connectivity index (χ4n) is 5.31. The van der Waals surface area contributed by atoms with Gasteiger partial charge in [-0.25, -0.2) is 9.18 Å². The molecule has 10 heteroatoms. The smallest absolute Gasteiger partial charge is 0.321 e. The number of amides is 3. The van der Waals surface area contributed by atoms with E-state index < -0.39 is 23.0 Å². The van der Waals surface area contributed by atoms with E-state index in [1.165, 1.54) is 43.5 Å². The van der Waals surface area contributed by atoms with Gasteiger partial charge >= 0.3 is 6.03 Å². The van der Waals surface area contributed by atoms with E-state index in [-0.39, 0.29) is 18.4 Å². The molecule has 4 rings (SSSR count). The predicted octanol–water partition coefficient (Wildman–Crippen LogP) is 4.32. The number of urea groups is 1.